The highest BCUT2D eigenvalue weighted by Crippen LogP contribution is 2.14. The third kappa shape index (κ3) is 6.28. The molecule has 0 fully saturated rings. The van der Waals surface area contributed by atoms with Gasteiger partial charge in [0.2, 0.25) is 0 Å². The molecular weight excluding hydrogens is 184 g/mol. The molecular formula is C9H22N2O3. The highest BCUT2D eigenvalue weighted by Gasteiger charge is 2.26. The predicted octanol–water partition coefficient (Wildman–Crippen LogP) is 0.0373. The van der Waals surface area contributed by atoms with E-state index >= 15 is 0 Å². The molecule has 0 saturated heterocycles. The first-order valence-electron chi connectivity index (χ1n) is 5.00. The average Bonchev–Trinajstić information content (AvgIpc) is 2.21. The zero-order valence-electron chi connectivity index (χ0n) is 9.12. The van der Waals surface area contributed by atoms with Crippen LogP contribution in [0.2, 0.25) is 0 Å². The van der Waals surface area contributed by atoms with E-state index in [9.17, 15) is 0 Å². The molecule has 0 aromatic rings. The Morgan fingerprint density at radius 3 is 1.71 bits per heavy atom. The van der Waals surface area contributed by atoms with Crippen molar-refractivity contribution in [2.24, 2.45) is 11.5 Å². The van der Waals surface area contributed by atoms with Gasteiger partial charge in [0.1, 0.15) is 0 Å². The first kappa shape index (κ1) is 13.8. The summed E-state index contributed by atoms with van der Waals surface area (Å²) in [6.07, 6.45) is 0.910. The Bertz CT molecular complexity index is 111. The summed E-state index contributed by atoms with van der Waals surface area (Å²) in [5.74, 6) is -1.01. The van der Waals surface area contributed by atoms with Crippen LogP contribution in [0.15, 0.2) is 0 Å². The van der Waals surface area contributed by atoms with Crippen LogP contribution < -0.4 is 11.5 Å². The summed E-state index contributed by atoms with van der Waals surface area (Å²) in [5, 5.41) is 0. The van der Waals surface area contributed by atoms with Gasteiger partial charge in [-0.1, -0.05) is 6.92 Å². The summed E-state index contributed by atoms with van der Waals surface area (Å²) in [6.45, 7) is 6.04. The third-order valence-electron chi connectivity index (χ3n) is 1.53. The molecule has 0 heterocycles. The summed E-state index contributed by atoms with van der Waals surface area (Å²) in [6, 6.07) is 0. The second kappa shape index (κ2) is 8.14. The number of rotatable bonds is 9. The van der Waals surface area contributed by atoms with Gasteiger partial charge in [0, 0.05) is 20.0 Å². The van der Waals surface area contributed by atoms with Crippen LogP contribution in [-0.2, 0) is 14.2 Å². The van der Waals surface area contributed by atoms with E-state index in [0.29, 0.717) is 32.9 Å². The van der Waals surface area contributed by atoms with Crippen molar-refractivity contribution < 1.29 is 14.2 Å². The Morgan fingerprint density at radius 2 is 1.36 bits per heavy atom. The molecule has 0 aromatic heterocycles. The molecule has 0 aliphatic rings. The van der Waals surface area contributed by atoms with Gasteiger partial charge in [-0.05, 0) is 6.42 Å². The minimum atomic E-state index is -1.01. The van der Waals surface area contributed by atoms with E-state index in [4.69, 9.17) is 25.7 Å². The molecule has 5 nitrogen and oxygen atoms in total. The number of hydrogen-bond acceptors (Lipinski definition) is 5. The fraction of sp³-hybridized carbons (Fsp3) is 1.00. The lowest BCUT2D eigenvalue weighted by atomic mass is 10.5. The molecule has 0 aliphatic carbocycles. The largest absolute Gasteiger partial charge is 0.328 e. The van der Waals surface area contributed by atoms with Crippen LogP contribution in [0.25, 0.3) is 0 Å². The molecule has 0 spiro atoms. The van der Waals surface area contributed by atoms with E-state index in [1.54, 1.807) is 6.92 Å². The van der Waals surface area contributed by atoms with Gasteiger partial charge in [0.15, 0.2) is 0 Å². The Labute approximate surface area is 85.7 Å². The summed E-state index contributed by atoms with van der Waals surface area (Å²) in [5.41, 5.74) is 10.7. The topological polar surface area (TPSA) is 79.7 Å². The highest BCUT2D eigenvalue weighted by atomic mass is 16.9. The summed E-state index contributed by atoms with van der Waals surface area (Å²) in [7, 11) is 0. The van der Waals surface area contributed by atoms with Crippen molar-refractivity contribution in [1.82, 2.24) is 0 Å². The number of hydrogen-bond donors (Lipinski definition) is 2. The lowest BCUT2D eigenvalue weighted by Crippen LogP contribution is -2.39. The Balaban J connectivity index is 3.89. The molecule has 0 amide bonds. The van der Waals surface area contributed by atoms with Gasteiger partial charge in [-0.25, -0.2) is 0 Å². The summed E-state index contributed by atoms with van der Waals surface area (Å²) >= 11 is 0. The van der Waals surface area contributed by atoms with Crippen LogP contribution in [0, 0.1) is 0 Å². The van der Waals surface area contributed by atoms with Crippen molar-refractivity contribution in [2.75, 3.05) is 32.9 Å². The molecule has 0 aliphatic heterocycles. The Hall–Kier alpha value is -0.200. The van der Waals surface area contributed by atoms with Crippen molar-refractivity contribution in [3.05, 3.63) is 0 Å². The van der Waals surface area contributed by atoms with Crippen molar-refractivity contribution in [2.45, 2.75) is 26.2 Å². The van der Waals surface area contributed by atoms with Crippen LogP contribution >= 0.6 is 0 Å². The molecule has 0 bridgehead atoms. The SMILES string of the molecule is CCCOC(C)(OCCN)OCCN. The minimum Gasteiger partial charge on any atom is -0.328 e. The molecule has 0 unspecified atom stereocenters. The van der Waals surface area contributed by atoms with Crippen molar-refractivity contribution in [1.29, 1.82) is 0 Å². The maximum absolute atomic E-state index is 5.43. The van der Waals surface area contributed by atoms with Gasteiger partial charge in [-0.2, -0.15) is 0 Å². The maximum Gasteiger partial charge on any atom is 0.279 e. The normalized spacial score (nSPS) is 12.0. The summed E-state index contributed by atoms with van der Waals surface area (Å²) < 4.78 is 16.1. The van der Waals surface area contributed by atoms with Crippen LogP contribution in [0.1, 0.15) is 20.3 Å². The quantitative estimate of drug-likeness (QED) is 0.521. The van der Waals surface area contributed by atoms with Crippen LogP contribution in [0.4, 0.5) is 0 Å². The third-order valence-corrected chi connectivity index (χ3v) is 1.53. The smallest absolute Gasteiger partial charge is 0.279 e. The molecule has 0 radical (unpaired) electrons. The lowest BCUT2D eigenvalue weighted by molar-refractivity contribution is -0.368. The standard InChI is InChI=1S/C9H22N2O3/c1-3-6-12-9(2,13-7-4-10)14-8-5-11/h3-8,10-11H2,1-2H3. The molecule has 4 N–H and O–H groups in total. The molecule has 0 atom stereocenters. The van der Waals surface area contributed by atoms with Crippen LogP contribution in [0.5, 0.6) is 0 Å². The van der Waals surface area contributed by atoms with Gasteiger partial charge < -0.3 is 25.7 Å². The number of nitrogens with two attached hydrogens (primary N) is 2. The monoisotopic (exact) mass is 206 g/mol. The fourth-order valence-electron chi connectivity index (χ4n) is 0.901. The van der Waals surface area contributed by atoms with E-state index in [2.05, 4.69) is 0 Å². The average molecular weight is 206 g/mol. The van der Waals surface area contributed by atoms with Gasteiger partial charge >= 0.3 is 0 Å². The second-order valence-electron chi connectivity index (χ2n) is 2.99. The Kier molecular flexibility index (Phi) is 8.02. The van der Waals surface area contributed by atoms with Gasteiger partial charge in [-0.15, -0.1) is 0 Å². The molecule has 86 valence electrons. The molecule has 0 rings (SSSR count). The molecule has 0 aromatic carbocycles. The first-order valence-corrected chi connectivity index (χ1v) is 5.00. The van der Waals surface area contributed by atoms with E-state index in [1.165, 1.54) is 0 Å². The molecule has 5 heteroatoms. The zero-order chi connectivity index (χ0) is 10.9. The van der Waals surface area contributed by atoms with E-state index in [0.717, 1.165) is 6.42 Å². The van der Waals surface area contributed by atoms with E-state index in [1.807, 2.05) is 6.92 Å². The lowest BCUT2D eigenvalue weighted by Gasteiger charge is -2.29. The zero-order valence-corrected chi connectivity index (χ0v) is 9.12. The van der Waals surface area contributed by atoms with Gasteiger partial charge in [-0.3, -0.25) is 0 Å². The van der Waals surface area contributed by atoms with Crippen LogP contribution in [0.3, 0.4) is 0 Å². The predicted molar refractivity (Wildman–Crippen MR) is 54.7 cm³/mol. The van der Waals surface area contributed by atoms with Crippen LogP contribution in [-0.4, -0.2) is 38.9 Å². The van der Waals surface area contributed by atoms with Crippen molar-refractivity contribution in [3.63, 3.8) is 0 Å². The molecule has 0 saturated carbocycles. The van der Waals surface area contributed by atoms with Gasteiger partial charge in [0.25, 0.3) is 5.97 Å². The Morgan fingerprint density at radius 1 is 0.929 bits per heavy atom. The van der Waals surface area contributed by atoms with Gasteiger partial charge in [0.05, 0.1) is 19.8 Å². The highest BCUT2D eigenvalue weighted by molar-refractivity contribution is 4.50. The first-order chi connectivity index (χ1) is 6.68. The van der Waals surface area contributed by atoms with Crippen molar-refractivity contribution in [3.8, 4) is 0 Å². The second-order valence-corrected chi connectivity index (χ2v) is 2.99. The van der Waals surface area contributed by atoms with Crippen molar-refractivity contribution >= 4 is 0 Å². The maximum atomic E-state index is 5.43. The minimum absolute atomic E-state index is 0.408. The number of ether oxygens (including phenoxy) is 3. The van der Waals surface area contributed by atoms with E-state index < -0.39 is 5.97 Å². The fourth-order valence-corrected chi connectivity index (χ4v) is 0.901. The molecule has 14 heavy (non-hydrogen) atoms. The van der Waals surface area contributed by atoms with E-state index in [-0.39, 0.29) is 0 Å². The summed E-state index contributed by atoms with van der Waals surface area (Å²) in [4.78, 5) is 0.